The molecule has 0 spiro atoms. The first kappa shape index (κ1) is 14.1. The van der Waals surface area contributed by atoms with Crippen LogP contribution in [0.25, 0.3) is 0 Å². The van der Waals surface area contributed by atoms with Crippen LogP contribution in [0.4, 0.5) is 0 Å². The van der Waals surface area contributed by atoms with Gasteiger partial charge in [0.15, 0.2) is 0 Å². The summed E-state index contributed by atoms with van der Waals surface area (Å²) in [6, 6.07) is 0. The summed E-state index contributed by atoms with van der Waals surface area (Å²) in [5.41, 5.74) is 0. The lowest BCUT2D eigenvalue weighted by molar-refractivity contribution is -0.162. The molecule has 5 nitrogen and oxygen atoms in total. The van der Waals surface area contributed by atoms with Crippen LogP contribution < -0.4 is 0 Å². The molecule has 0 bridgehead atoms. The fourth-order valence-electron chi connectivity index (χ4n) is 0.971. The molecule has 0 fully saturated rings. The van der Waals surface area contributed by atoms with Gasteiger partial charge in [-0.1, -0.05) is 13.3 Å². The summed E-state index contributed by atoms with van der Waals surface area (Å²) in [6.07, 6.45) is 1.87. The van der Waals surface area contributed by atoms with Crippen molar-refractivity contribution in [2.24, 2.45) is 0 Å². The number of aliphatic hydroxyl groups is 2. The molecule has 5 heteroatoms. The van der Waals surface area contributed by atoms with Gasteiger partial charge in [-0.2, -0.15) is 0 Å². The second-order valence-corrected chi connectivity index (χ2v) is 3.22. The average Bonchev–Trinajstić information content (AvgIpc) is 2.24. The van der Waals surface area contributed by atoms with Gasteiger partial charge in [0.1, 0.15) is 0 Å². The molecule has 1 amide bonds. The summed E-state index contributed by atoms with van der Waals surface area (Å²) >= 11 is 0. The monoisotopic (exact) mass is 217 g/mol. The van der Waals surface area contributed by atoms with Crippen LogP contribution in [0.3, 0.4) is 0 Å². The number of amides is 1. The fourth-order valence-corrected chi connectivity index (χ4v) is 0.971. The minimum Gasteiger partial charge on any atom is -0.390 e. The normalized spacial score (nSPS) is 15.3. The maximum Gasteiger partial charge on any atom is 0.269 e. The highest BCUT2D eigenvalue weighted by Gasteiger charge is 2.12. The van der Waals surface area contributed by atoms with E-state index in [9.17, 15) is 15.0 Å². The van der Waals surface area contributed by atoms with Crippen LogP contribution in [0.5, 0.6) is 0 Å². The van der Waals surface area contributed by atoms with Crippen LogP contribution in [-0.2, 0) is 9.63 Å². The Hall–Kier alpha value is -0.910. The standard InChI is InChI=1S/C10H19NO4/c1-4-5-8(12)9(13)6-7-10(14)11(2)15-3/h6-9,12-13H,4-5H2,1-3H3. The second kappa shape index (κ2) is 7.39. The van der Waals surface area contributed by atoms with Gasteiger partial charge in [0, 0.05) is 13.1 Å². The lowest BCUT2D eigenvalue weighted by Crippen LogP contribution is -2.26. The number of likely N-dealkylation sites (N-methyl/N-ethyl adjacent to an activating group) is 1. The molecule has 15 heavy (non-hydrogen) atoms. The van der Waals surface area contributed by atoms with Gasteiger partial charge < -0.3 is 10.2 Å². The molecule has 0 aliphatic carbocycles. The van der Waals surface area contributed by atoms with Crippen molar-refractivity contribution in [2.45, 2.75) is 32.0 Å². The zero-order valence-corrected chi connectivity index (χ0v) is 9.38. The van der Waals surface area contributed by atoms with Crippen LogP contribution >= 0.6 is 0 Å². The van der Waals surface area contributed by atoms with Crippen molar-refractivity contribution in [1.82, 2.24) is 5.06 Å². The van der Waals surface area contributed by atoms with Gasteiger partial charge in [0.05, 0.1) is 19.3 Å². The van der Waals surface area contributed by atoms with Crippen LogP contribution in [0.2, 0.25) is 0 Å². The van der Waals surface area contributed by atoms with Crippen LogP contribution in [-0.4, -0.2) is 47.5 Å². The van der Waals surface area contributed by atoms with Crippen molar-refractivity contribution in [3.05, 3.63) is 12.2 Å². The summed E-state index contributed by atoms with van der Waals surface area (Å²) in [6.45, 7) is 1.91. The molecule has 2 unspecified atom stereocenters. The maximum atomic E-state index is 11.2. The first-order chi connectivity index (χ1) is 7.02. The zero-order chi connectivity index (χ0) is 11.8. The van der Waals surface area contributed by atoms with E-state index in [4.69, 9.17) is 0 Å². The van der Waals surface area contributed by atoms with Gasteiger partial charge in [-0.25, -0.2) is 5.06 Å². The molecule has 0 aromatic heterocycles. The van der Waals surface area contributed by atoms with E-state index in [-0.39, 0.29) is 5.91 Å². The number of rotatable bonds is 6. The highest BCUT2D eigenvalue weighted by Crippen LogP contribution is 2.03. The summed E-state index contributed by atoms with van der Waals surface area (Å²) in [5.74, 6) is -0.389. The predicted octanol–water partition coefficient (Wildman–Crippen LogP) is 0.0843. The maximum absolute atomic E-state index is 11.2. The Bertz CT molecular complexity index is 217. The van der Waals surface area contributed by atoms with Gasteiger partial charge in [0.25, 0.3) is 5.91 Å². The number of nitrogens with zero attached hydrogens (tertiary/aromatic N) is 1. The molecule has 0 aliphatic heterocycles. The van der Waals surface area contributed by atoms with Gasteiger partial charge >= 0.3 is 0 Å². The van der Waals surface area contributed by atoms with Crippen molar-refractivity contribution >= 4 is 5.91 Å². The largest absolute Gasteiger partial charge is 0.390 e. The Labute approximate surface area is 89.9 Å². The van der Waals surface area contributed by atoms with Crippen LogP contribution in [0.1, 0.15) is 19.8 Å². The highest BCUT2D eigenvalue weighted by atomic mass is 16.7. The third kappa shape index (κ3) is 5.51. The van der Waals surface area contributed by atoms with E-state index in [1.54, 1.807) is 0 Å². The highest BCUT2D eigenvalue weighted by molar-refractivity contribution is 5.86. The van der Waals surface area contributed by atoms with E-state index < -0.39 is 12.2 Å². The van der Waals surface area contributed by atoms with Gasteiger partial charge in [-0.15, -0.1) is 0 Å². The number of aliphatic hydroxyl groups excluding tert-OH is 2. The van der Waals surface area contributed by atoms with E-state index in [0.717, 1.165) is 11.5 Å². The number of carbonyl (C=O) groups is 1. The quantitative estimate of drug-likeness (QED) is 0.488. The average molecular weight is 217 g/mol. The molecule has 0 aliphatic rings. The third-order valence-corrected chi connectivity index (χ3v) is 2.00. The van der Waals surface area contributed by atoms with E-state index in [1.165, 1.54) is 26.3 Å². The van der Waals surface area contributed by atoms with Gasteiger partial charge in [-0.05, 0) is 12.5 Å². The summed E-state index contributed by atoms with van der Waals surface area (Å²) < 4.78 is 0. The lowest BCUT2D eigenvalue weighted by atomic mass is 10.1. The molecule has 0 saturated carbocycles. The van der Waals surface area contributed by atoms with Gasteiger partial charge in [-0.3, -0.25) is 9.63 Å². The molecule has 0 rings (SSSR count). The molecule has 2 atom stereocenters. The molecule has 0 radical (unpaired) electrons. The Morgan fingerprint density at radius 1 is 1.53 bits per heavy atom. The van der Waals surface area contributed by atoms with Crippen LogP contribution in [0.15, 0.2) is 12.2 Å². The predicted molar refractivity (Wildman–Crippen MR) is 55.8 cm³/mol. The molecule has 0 aromatic rings. The van der Waals surface area contributed by atoms with Crippen molar-refractivity contribution in [3.8, 4) is 0 Å². The molecule has 0 saturated heterocycles. The Kier molecular flexibility index (Phi) is 6.94. The Morgan fingerprint density at radius 3 is 2.60 bits per heavy atom. The molecular weight excluding hydrogens is 198 g/mol. The minimum absolute atomic E-state index is 0.389. The van der Waals surface area contributed by atoms with E-state index in [2.05, 4.69) is 4.84 Å². The second-order valence-electron chi connectivity index (χ2n) is 3.22. The summed E-state index contributed by atoms with van der Waals surface area (Å²) in [4.78, 5) is 15.8. The fraction of sp³-hybridized carbons (Fsp3) is 0.700. The SMILES string of the molecule is CCCC(O)C(O)C=CC(=O)N(C)OC. The number of hydrogen-bond acceptors (Lipinski definition) is 4. The van der Waals surface area contributed by atoms with Gasteiger partial charge in [0.2, 0.25) is 0 Å². The minimum atomic E-state index is -1.01. The zero-order valence-electron chi connectivity index (χ0n) is 9.38. The van der Waals surface area contributed by atoms with Crippen molar-refractivity contribution in [3.63, 3.8) is 0 Å². The van der Waals surface area contributed by atoms with E-state index in [0.29, 0.717) is 6.42 Å². The molecular formula is C10H19NO4. The smallest absolute Gasteiger partial charge is 0.269 e. The summed E-state index contributed by atoms with van der Waals surface area (Å²) in [7, 11) is 2.83. The van der Waals surface area contributed by atoms with Crippen molar-refractivity contribution in [1.29, 1.82) is 0 Å². The Morgan fingerprint density at radius 2 is 2.13 bits per heavy atom. The van der Waals surface area contributed by atoms with E-state index >= 15 is 0 Å². The number of hydrogen-bond donors (Lipinski definition) is 2. The first-order valence-corrected chi connectivity index (χ1v) is 4.89. The van der Waals surface area contributed by atoms with E-state index in [1.807, 2.05) is 6.92 Å². The van der Waals surface area contributed by atoms with Crippen LogP contribution in [0, 0.1) is 0 Å². The first-order valence-electron chi connectivity index (χ1n) is 4.89. The van der Waals surface area contributed by atoms with Crippen molar-refractivity contribution < 1.29 is 19.8 Å². The number of carbonyl (C=O) groups excluding carboxylic acids is 1. The molecule has 2 N–H and O–H groups in total. The molecule has 0 heterocycles. The topological polar surface area (TPSA) is 70.0 Å². The van der Waals surface area contributed by atoms with Crippen molar-refractivity contribution in [2.75, 3.05) is 14.2 Å². The molecule has 88 valence electrons. The lowest BCUT2D eigenvalue weighted by Gasteiger charge is -2.14. The third-order valence-electron chi connectivity index (χ3n) is 2.00. The summed E-state index contributed by atoms with van der Waals surface area (Å²) in [5, 5.41) is 19.8. The Balaban J connectivity index is 4.09. The number of hydroxylamine groups is 2. The molecule has 0 aromatic carbocycles.